The van der Waals surface area contributed by atoms with Crippen LogP contribution in [0.2, 0.25) is 0 Å². The lowest BCUT2D eigenvalue weighted by Crippen LogP contribution is -2.21. The molecule has 0 saturated carbocycles. The zero-order valence-corrected chi connectivity index (χ0v) is 13.5. The molecule has 1 atom stereocenters. The molecule has 1 rings (SSSR count). The third kappa shape index (κ3) is 6.85. The molecule has 0 bridgehead atoms. The van der Waals surface area contributed by atoms with Crippen molar-refractivity contribution in [3.63, 3.8) is 0 Å². The molecule has 0 amide bonds. The number of carbonyl (C=O) groups is 1. The molecule has 21 heavy (non-hydrogen) atoms. The largest absolute Gasteiger partial charge is 0.474 e. The molecule has 1 unspecified atom stereocenters. The molecule has 0 aliphatic rings. The van der Waals surface area contributed by atoms with Gasteiger partial charge in [-0.2, -0.15) is 0 Å². The second-order valence-electron chi connectivity index (χ2n) is 4.01. The maximum atomic E-state index is 11.1. The molecule has 4 nitrogen and oxygen atoms in total. The molecule has 0 radical (unpaired) electrons. The van der Waals surface area contributed by atoms with Gasteiger partial charge in [-0.25, -0.2) is 0 Å². The van der Waals surface area contributed by atoms with E-state index in [2.05, 4.69) is 0 Å². The van der Waals surface area contributed by atoms with E-state index in [-0.39, 0.29) is 6.61 Å². The Bertz CT molecular complexity index is 512. The maximum Gasteiger partial charge on any atom is 0.303 e. The number of alkyl halides is 3. The number of benzene rings is 1. The highest BCUT2D eigenvalue weighted by molar-refractivity contribution is 6.76. The number of hydrogen-bond donors (Lipinski definition) is 1. The highest BCUT2D eigenvalue weighted by Crippen LogP contribution is 2.27. The molecule has 1 aromatic rings. The van der Waals surface area contributed by atoms with Crippen molar-refractivity contribution in [3.05, 3.63) is 48.0 Å². The minimum absolute atomic E-state index is 0.0251. The molecule has 1 aromatic carbocycles. The summed E-state index contributed by atoms with van der Waals surface area (Å²) in [7, 11) is 0. The Kier molecular flexibility index (Phi) is 7.02. The van der Waals surface area contributed by atoms with E-state index in [1.807, 2.05) is 30.3 Å². The molecule has 0 aliphatic heterocycles. The van der Waals surface area contributed by atoms with Gasteiger partial charge in [0, 0.05) is 6.92 Å². The van der Waals surface area contributed by atoms with Crippen LogP contribution in [0, 0.1) is 5.41 Å². The van der Waals surface area contributed by atoms with Crippen molar-refractivity contribution >= 4 is 46.7 Å². The highest BCUT2D eigenvalue weighted by atomic mass is 35.6. The standard InChI is InChI=1S/C14H14Cl3NO3/c1-10(19)21-12(11-6-3-2-4-7-11)8-5-9-20-13(18)14(15,16)17/h2-8,12,18H,9H2,1H3/b8-5-,18-13?. The van der Waals surface area contributed by atoms with Gasteiger partial charge in [-0.05, 0) is 17.7 Å². The van der Waals surface area contributed by atoms with Crippen molar-refractivity contribution in [3.8, 4) is 0 Å². The molecule has 114 valence electrons. The zero-order valence-electron chi connectivity index (χ0n) is 11.2. The van der Waals surface area contributed by atoms with E-state index >= 15 is 0 Å². The number of ether oxygens (including phenoxy) is 2. The van der Waals surface area contributed by atoms with Gasteiger partial charge in [-0.3, -0.25) is 10.2 Å². The summed E-state index contributed by atoms with van der Waals surface area (Å²) in [5.74, 6) is -0.871. The van der Waals surface area contributed by atoms with Gasteiger partial charge in [0.15, 0.2) is 0 Å². The minimum atomic E-state index is -1.89. The molecule has 0 fully saturated rings. The van der Waals surface area contributed by atoms with Crippen LogP contribution in [0.5, 0.6) is 0 Å². The molecule has 0 aromatic heterocycles. The predicted molar refractivity (Wildman–Crippen MR) is 84.1 cm³/mol. The van der Waals surface area contributed by atoms with E-state index in [9.17, 15) is 4.79 Å². The van der Waals surface area contributed by atoms with Gasteiger partial charge < -0.3 is 9.47 Å². The maximum absolute atomic E-state index is 11.1. The molecule has 1 N–H and O–H groups in total. The first-order valence-electron chi connectivity index (χ1n) is 5.98. The molecule has 0 heterocycles. The second-order valence-corrected chi connectivity index (χ2v) is 6.29. The first kappa shape index (κ1) is 17.8. The summed E-state index contributed by atoms with van der Waals surface area (Å²) < 4.78 is 8.27. The van der Waals surface area contributed by atoms with Crippen LogP contribution in [-0.2, 0) is 14.3 Å². The van der Waals surface area contributed by atoms with Crippen molar-refractivity contribution < 1.29 is 14.3 Å². The number of esters is 1. The van der Waals surface area contributed by atoms with Crippen molar-refractivity contribution in [1.82, 2.24) is 0 Å². The molecule has 0 spiro atoms. The highest BCUT2D eigenvalue weighted by Gasteiger charge is 2.28. The number of nitrogens with one attached hydrogen (secondary N) is 1. The molecular formula is C14H14Cl3NO3. The fourth-order valence-electron chi connectivity index (χ4n) is 1.43. The van der Waals surface area contributed by atoms with Crippen LogP contribution < -0.4 is 0 Å². The van der Waals surface area contributed by atoms with E-state index in [1.54, 1.807) is 12.2 Å². The summed E-state index contributed by atoms with van der Waals surface area (Å²) in [5.41, 5.74) is 0.820. The Balaban J connectivity index is 2.64. The normalized spacial score (nSPS) is 13.0. The van der Waals surface area contributed by atoms with Gasteiger partial charge >= 0.3 is 5.97 Å². The lowest BCUT2D eigenvalue weighted by Gasteiger charge is -2.14. The van der Waals surface area contributed by atoms with Gasteiger partial charge in [0.2, 0.25) is 5.90 Å². The number of rotatable bonds is 5. The van der Waals surface area contributed by atoms with Gasteiger partial charge in [-0.1, -0.05) is 65.1 Å². The molecule has 0 aliphatic carbocycles. The van der Waals surface area contributed by atoms with E-state index < -0.39 is 21.8 Å². The topological polar surface area (TPSA) is 59.4 Å². The fraction of sp³-hybridized carbons (Fsp3) is 0.286. The van der Waals surface area contributed by atoms with E-state index in [0.29, 0.717) is 0 Å². The first-order valence-corrected chi connectivity index (χ1v) is 7.11. The van der Waals surface area contributed by atoms with Crippen LogP contribution in [0.3, 0.4) is 0 Å². The Morgan fingerprint density at radius 2 is 1.95 bits per heavy atom. The Hall–Kier alpha value is -1.23. The number of halogens is 3. The van der Waals surface area contributed by atoms with Crippen LogP contribution in [0.4, 0.5) is 0 Å². The molecular weight excluding hydrogens is 337 g/mol. The zero-order chi connectivity index (χ0) is 15.9. The average Bonchev–Trinajstić information content (AvgIpc) is 2.41. The quantitative estimate of drug-likeness (QED) is 0.284. The van der Waals surface area contributed by atoms with Crippen LogP contribution in [-0.4, -0.2) is 22.3 Å². The Labute approximate surface area is 138 Å². The summed E-state index contributed by atoms with van der Waals surface area (Å²) in [6, 6.07) is 9.22. The summed E-state index contributed by atoms with van der Waals surface area (Å²) >= 11 is 16.4. The van der Waals surface area contributed by atoms with Gasteiger partial charge in [0.05, 0.1) is 0 Å². The predicted octanol–water partition coefficient (Wildman–Crippen LogP) is 4.21. The summed E-state index contributed by atoms with van der Waals surface area (Å²) in [5, 5.41) is 7.37. The number of hydrogen-bond acceptors (Lipinski definition) is 4. The SMILES string of the molecule is CC(=O)OC(/C=C\COC(=N)C(Cl)(Cl)Cl)c1ccccc1. The van der Waals surface area contributed by atoms with E-state index in [0.717, 1.165) is 5.56 Å². The van der Waals surface area contributed by atoms with Gasteiger partial charge in [0.25, 0.3) is 3.79 Å². The van der Waals surface area contributed by atoms with Crippen LogP contribution >= 0.6 is 34.8 Å². The fourth-order valence-corrected chi connectivity index (χ4v) is 1.60. The summed E-state index contributed by atoms with van der Waals surface area (Å²) in [6.07, 6.45) is 2.70. The second kappa shape index (κ2) is 8.27. The summed E-state index contributed by atoms with van der Waals surface area (Å²) in [6.45, 7) is 1.36. The van der Waals surface area contributed by atoms with Crippen LogP contribution in [0.15, 0.2) is 42.5 Å². The monoisotopic (exact) mass is 349 g/mol. The minimum Gasteiger partial charge on any atom is -0.474 e. The number of carbonyl (C=O) groups excluding carboxylic acids is 1. The first-order chi connectivity index (χ1) is 9.80. The van der Waals surface area contributed by atoms with Crippen molar-refractivity contribution in [1.29, 1.82) is 5.41 Å². The Morgan fingerprint density at radius 1 is 1.33 bits per heavy atom. The third-order valence-electron chi connectivity index (χ3n) is 2.31. The smallest absolute Gasteiger partial charge is 0.303 e. The third-order valence-corrected chi connectivity index (χ3v) is 2.83. The molecule has 7 heteroatoms. The van der Waals surface area contributed by atoms with Gasteiger partial charge in [0.1, 0.15) is 12.7 Å². The summed E-state index contributed by atoms with van der Waals surface area (Å²) in [4.78, 5) is 11.1. The van der Waals surface area contributed by atoms with Crippen molar-refractivity contribution in [2.45, 2.75) is 16.8 Å². The molecule has 0 saturated heterocycles. The van der Waals surface area contributed by atoms with Crippen LogP contribution in [0.1, 0.15) is 18.6 Å². The van der Waals surface area contributed by atoms with Crippen molar-refractivity contribution in [2.75, 3.05) is 6.61 Å². The van der Waals surface area contributed by atoms with Crippen molar-refractivity contribution in [2.24, 2.45) is 0 Å². The van der Waals surface area contributed by atoms with E-state index in [1.165, 1.54) is 6.92 Å². The lowest BCUT2D eigenvalue weighted by molar-refractivity contribution is -0.144. The van der Waals surface area contributed by atoms with Crippen LogP contribution in [0.25, 0.3) is 0 Å². The van der Waals surface area contributed by atoms with E-state index in [4.69, 9.17) is 49.7 Å². The lowest BCUT2D eigenvalue weighted by atomic mass is 10.1. The van der Waals surface area contributed by atoms with Gasteiger partial charge in [-0.15, -0.1) is 0 Å². The Morgan fingerprint density at radius 3 is 2.48 bits per heavy atom. The average molecular weight is 351 g/mol.